The third-order valence-electron chi connectivity index (χ3n) is 4.79. The van der Waals surface area contributed by atoms with Crippen molar-refractivity contribution in [3.8, 4) is 0 Å². The molecule has 0 unspecified atom stereocenters. The summed E-state index contributed by atoms with van der Waals surface area (Å²) in [6.45, 7) is 1.22. The Bertz CT molecular complexity index is 1160. The molecule has 28 heavy (non-hydrogen) atoms. The van der Waals surface area contributed by atoms with Crippen molar-refractivity contribution in [2.45, 2.75) is 23.9 Å². The second-order valence-corrected chi connectivity index (χ2v) is 7.58. The molecule has 0 saturated heterocycles. The SMILES string of the molecule is COCCCn1c(SCc2cccc3ccccc23)nc2ccccc2c1=O. The van der Waals surface area contributed by atoms with E-state index in [1.165, 1.54) is 16.3 Å². The number of nitrogens with zero attached hydrogens (tertiary/aromatic N) is 2. The van der Waals surface area contributed by atoms with Crippen LogP contribution in [-0.2, 0) is 17.0 Å². The lowest BCUT2D eigenvalue weighted by molar-refractivity contribution is 0.189. The number of benzene rings is 3. The number of para-hydroxylation sites is 1. The lowest BCUT2D eigenvalue weighted by atomic mass is 10.1. The van der Waals surface area contributed by atoms with Crippen LogP contribution in [0.25, 0.3) is 21.7 Å². The highest BCUT2D eigenvalue weighted by Crippen LogP contribution is 2.27. The summed E-state index contributed by atoms with van der Waals surface area (Å²) >= 11 is 1.61. The van der Waals surface area contributed by atoms with Crippen LogP contribution in [0.2, 0.25) is 0 Å². The van der Waals surface area contributed by atoms with E-state index >= 15 is 0 Å². The van der Waals surface area contributed by atoms with Gasteiger partial charge in [-0.15, -0.1) is 0 Å². The first-order valence-electron chi connectivity index (χ1n) is 9.36. The minimum absolute atomic E-state index is 0.0159. The van der Waals surface area contributed by atoms with Gasteiger partial charge in [-0.05, 0) is 34.9 Å². The number of ether oxygens (including phenoxy) is 1. The quantitative estimate of drug-likeness (QED) is 0.256. The molecule has 0 N–H and O–H groups in total. The van der Waals surface area contributed by atoms with Gasteiger partial charge in [0.15, 0.2) is 5.16 Å². The topological polar surface area (TPSA) is 44.1 Å². The number of hydrogen-bond acceptors (Lipinski definition) is 4. The van der Waals surface area contributed by atoms with E-state index in [2.05, 4.69) is 42.5 Å². The van der Waals surface area contributed by atoms with E-state index in [9.17, 15) is 4.79 Å². The smallest absolute Gasteiger partial charge is 0.262 e. The van der Waals surface area contributed by atoms with Crippen LogP contribution >= 0.6 is 11.8 Å². The average Bonchev–Trinajstić information content (AvgIpc) is 2.74. The summed E-state index contributed by atoms with van der Waals surface area (Å²) in [5, 5.41) is 3.89. The molecule has 4 nitrogen and oxygen atoms in total. The van der Waals surface area contributed by atoms with Crippen molar-refractivity contribution in [1.29, 1.82) is 0 Å². The average molecular weight is 391 g/mol. The molecule has 0 aliphatic rings. The monoisotopic (exact) mass is 390 g/mol. The van der Waals surface area contributed by atoms with Gasteiger partial charge >= 0.3 is 0 Å². The second-order valence-electron chi connectivity index (χ2n) is 6.64. The Kier molecular flexibility index (Phi) is 5.74. The van der Waals surface area contributed by atoms with Crippen molar-refractivity contribution in [2.75, 3.05) is 13.7 Å². The first kappa shape index (κ1) is 18.7. The standard InChI is InChI=1S/C23H22N2O2S/c1-27-15-7-14-25-22(26)20-12-4-5-13-21(20)24-23(25)28-16-18-10-6-9-17-8-2-3-11-19(17)18/h2-6,8-13H,7,14-16H2,1H3. The molecule has 0 amide bonds. The Morgan fingerprint density at radius 3 is 2.57 bits per heavy atom. The van der Waals surface area contributed by atoms with E-state index in [1.54, 1.807) is 23.4 Å². The summed E-state index contributed by atoms with van der Waals surface area (Å²) < 4.78 is 6.95. The number of methoxy groups -OCH3 is 1. The van der Waals surface area contributed by atoms with Crippen molar-refractivity contribution in [3.05, 3.63) is 82.6 Å². The Balaban J connectivity index is 1.70. The Morgan fingerprint density at radius 2 is 1.71 bits per heavy atom. The second kappa shape index (κ2) is 8.59. The summed E-state index contributed by atoms with van der Waals surface area (Å²) in [6.07, 6.45) is 0.776. The van der Waals surface area contributed by atoms with Crippen LogP contribution in [0.3, 0.4) is 0 Å². The maximum absolute atomic E-state index is 13.0. The van der Waals surface area contributed by atoms with E-state index in [1.807, 2.05) is 24.3 Å². The van der Waals surface area contributed by atoms with E-state index in [0.29, 0.717) is 18.5 Å². The van der Waals surface area contributed by atoms with Gasteiger partial charge in [-0.1, -0.05) is 66.4 Å². The Labute approximate surface area is 168 Å². The summed E-state index contributed by atoms with van der Waals surface area (Å²) in [5.41, 5.74) is 2.01. The highest BCUT2D eigenvalue weighted by Gasteiger charge is 2.12. The van der Waals surface area contributed by atoms with Gasteiger partial charge in [-0.3, -0.25) is 9.36 Å². The third kappa shape index (κ3) is 3.81. The van der Waals surface area contributed by atoms with Crippen LogP contribution in [0, 0.1) is 0 Å². The first-order valence-corrected chi connectivity index (χ1v) is 10.3. The molecule has 0 radical (unpaired) electrons. The van der Waals surface area contributed by atoms with Crippen LogP contribution in [0.15, 0.2) is 76.7 Å². The van der Waals surface area contributed by atoms with E-state index in [0.717, 1.165) is 22.8 Å². The first-order chi connectivity index (χ1) is 13.8. The minimum Gasteiger partial charge on any atom is -0.385 e. The molecular formula is C23H22N2O2S. The fraction of sp³-hybridized carbons (Fsp3) is 0.217. The highest BCUT2D eigenvalue weighted by molar-refractivity contribution is 7.98. The molecule has 4 aromatic rings. The number of hydrogen-bond donors (Lipinski definition) is 0. The maximum Gasteiger partial charge on any atom is 0.262 e. The fourth-order valence-corrected chi connectivity index (χ4v) is 4.41. The van der Waals surface area contributed by atoms with Crippen LogP contribution in [0.4, 0.5) is 0 Å². The molecule has 0 saturated carbocycles. The van der Waals surface area contributed by atoms with E-state index < -0.39 is 0 Å². The molecule has 1 heterocycles. The molecule has 142 valence electrons. The van der Waals surface area contributed by atoms with Crippen LogP contribution < -0.4 is 5.56 Å². The number of fused-ring (bicyclic) bond motifs is 2. The lowest BCUT2D eigenvalue weighted by Gasteiger charge is -2.13. The highest BCUT2D eigenvalue weighted by atomic mass is 32.2. The van der Waals surface area contributed by atoms with Crippen molar-refractivity contribution < 1.29 is 4.74 Å². The third-order valence-corrected chi connectivity index (χ3v) is 5.82. The van der Waals surface area contributed by atoms with Crippen LogP contribution in [-0.4, -0.2) is 23.3 Å². The molecule has 0 aliphatic carbocycles. The molecule has 0 fully saturated rings. The zero-order valence-electron chi connectivity index (χ0n) is 15.8. The summed E-state index contributed by atoms with van der Waals surface area (Å²) in [7, 11) is 1.68. The van der Waals surface area contributed by atoms with E-state index in [4.69, 9.17) is 9.72 Å². The lowest BCUT2D eigenvalue weighted by Crippen LogP contribution is -2.24. The van der Waals surface area contributed by atoms with Crippen LogP contribution in [0.1, 0.15) is 12.0 Å². The van der Waals surface area contributed by atoms with Crippen molar-refractivity contribution in [3.63, 3.8) is 0 Å². The number of rotatable bonds is 7. The van der Waals surface area contributed by atoms with Gasteiger partial charge in [0.1, 0.15) is 0 Å². The van der Waals surface area contributed by atoms with Crippen LogP contribution in [0.5, 0.6) is 0 Å². The van der Waals surface area contributed by atoms with Gasteiger partial charge in [0.2, 0.25) is 0 Å². The fourth-order valence-electron chi connectivity index (χ4n) is 3.38. The minimum atomic E-state index is 0.0159. The van der Waals surface area contributed by atoms with Crippen molar-refractivity contribution >= 4 is 33.4 Å². The number of thioether (sulfide) groups is 1. The van der Waals surface area contributed by atoms with E-state index in [-0.39, 0.29) is 5.56 Å². The van der Waals surface area contributed by atoms with Gasteiger partial charge in [-0.25, -0.2) is 4.98 Å². The molecule has 4 rings (SSSR count). The molecule has 5 heteroatoms. The zero-order valence-corrected chi connectivity index (χ0v) is 16.6. The largest absolute Gasteiger partial charge is 0.385 e. The Morgan fingerprint density at radius 1 is 0.964 bits per heavy atom. The van der Waals surface area contributed by atoms with Gasteiger partial charge in [0.05, 0.1) is 10.9 Å². The number of aromatic nitrogens is 2. The van der Waals surface area contributed by atoms with Crippen molar-refractivity contribution in [1.82, 2.24) is 9.55 Å². The molecule has 3 aromatic carbocycles. The molecule has 0 atom stereocenters. The van der Waals surface area contributed by atoms with Gasteiger partial charge < -0.3 is 4.74 Å². The summed E-state index contributed by atoms with van der Waals surface area (Å²) in [5.74, 6) is 0.760. The normalized spacial score (nSPS) is 11.3. The summed E-state index contributed by atoms with van der Waals surface area (Å²) in [6, 6.07) is 22.3. The molecule has 0 spiro atoms. The predicted octanol–water partition coefficient (Wildman–Crippen LogP) is 4.88. The summed E-state index contributed by atoms with van der Waals surface area (Å²) in [4.78, 5) is 17.8. The van der Waals surface area contributed by atoms with Gasteiger partial charge in [0, 0.05) is 26.0 Å². The molecule has 0 bridgehead atoms. The predicted molar refractivity (Wildman–Crippen MR) is 116 cm³/mol. The maximum atomic E-state index is 13.0. The molecule has 1 aromatic heterocycles. The molecular weight excluding hydrogens is 368 g/mol. The zero-order chi connectivity index (χ0) is 19.3. The van der Waals surface area contributed by atoms with Crippen molar-refractivity contribution in [2.24, 2.45) is 0 Å². The van der Waals surface area contributed by atoms with Gasteiger partial charge in [0.25, 0.3) is 5.56 Å². The Hall–Kier alpha value is -2.63. The van der Waals surface area contributed by atoms with Gasteiger partial charge in [-0.2, -0.15) is 0 Å². The molecule has 0 aliphatic heterocycles.